The van der Waals surface area contributed by atoms with E-state index in [1.807, 2.05) is 0 Å². The number of hydrogen-bond donors (Lipinski definition) is 0. The molecule has 0 bridgehead atoms. The van der Waals surface area contributed by atoms with Crippen molar-refractivity contribution in [3.8, 4) is 5.69 Å². The highest BCUT2D eigenvalue weighted by Crippen LogP contribution is 2.25. The van der Waals surface area contributed by atoms with Gasteiger partial charge in [0.05, 0.1) is 22.6 Å². The van der Waals surface area contributed by atoms with Gasteiger partial charge < -0.3 is 0 Å². The lowest BCUT2D eigenvalue weighted by Crippen LogP contribution is -2.02. The van der Waals surface area contributed by atoms with Crippen LogP contribution in [-0.4, -0.2) is 9.55 Å². The molecule has 0 atom stereocenters. The molecule has 0 N–H and O–H groups in total. The van der Waals surface area contributed by atoms with Gasteiger partial charge in [-0.25, -0.2) is 13.8 Å². The fraction of sp³-hybridized carbons (Fsp3) is 0.133. The van der Waals surface area contributed by atoms with Gasteiger partial charge in [-0.2, -0.15) is 0 Å². The van der Waals surface area contributed by atoms with E-state index in [0.29, 0.717) is 16.9 Å². The Labute approximate surface area is 119 Å². The van der Waals surface area contributed by atoms with Crippen LogP contribution in [0.15, 0.2) is 36.4 Å². The van der Waals surface area contributed by atoms with E-state index >= 15 is 0 Å². The van der Waals surface area contributed by atoms with Gasteiger partial charge in [0, 0.05) is 6.07 Å². The Morgan fingerprint density at radius 3 is 2.50 bits per heavy atom. The second-order valence-corrected chi connectivity index (χ2v) is 4.83. The first-order chi connectivity index (χ1) is 9.60. The minimum atomic E-state index is -0.348. The number of rotatable bonds is 2. The van der Waals surface area contributed by atoms with E-state index in [2.05, 4.69) is 4.98 Å². The number of hydrogen-bond acceptors (Lipinski definition) is 1. The zero-order valence-electron chi connectivity index (χ0n) is 10.7. The Kier molecular flexibility index (Phi) is 3.18. The van der Waals surface area contributed by atoms with Gasteiger partial charge in [0.25, 0.3) is 0 Å². The molecule has 0 spiro atoms. The lowest BCUT2D eigenvalue weighted by molar-refractivity contribution is 0.625. The highest BCUT2D eigenvalue weighted by Gasteiger charge is 2.14. The molecule has 102 valence electrons. The fourth-order valence-corrected chi connectivity index (χ4v) is 2.51. The highest BCUT2D eigenvalue weighted by atomic mass is 35.5. The summed E-state index contributed by atoms with van der Waals surface area (Å²) in [4.78, 5) is 4.38. The van der Waals surface area contributed by atoms with Crippen LogP contribution in [0.25, 0.3) is 16.7 Å². The lowest BCUT2D eigenvalue weighted by atomic mass is 10.2. The predicted octanol–water partition coefficient (Wildman–Crippen LogP) is 4.35. The Bertz CT molecular complexity index is 796. The maximum absolute atomic E-state index is 13.5. The average molecular weight is 293 g/mol. The molecule has 0 radical (unpaired) electrons. The number of aromatic nitrogens is 2. The van der Waals surface area contributed by atoms with E-state index in [4.69, 9.17) is 11.6 Å². The topological polar surface area (TPSA) is 17.8 Å². The third-order valence-corrected chi connectivity index (χ3v) is 3.44. The first kappa shape index (κ1) is 13.1. The van der Waals surface area contributed by atoms with Gasteiger partial charge in [-0.15, -0.1) is 11.6 Å². The van der Waals surface area contributed by atoms with Crippen LogP contribution >= 0.6 is 11.6 Å². The third-order valence-electron chi connectivity index (χ3n) is 3.21. The summed E-state index contributed by atoms with van der Waals surface area (Å²) < 4.78 is 28.5. The van der Waals surface area contributed by atoms with Crippen molar-refractivity contribution in [1.29, 1.82) is 0 Å². The minimum absolute atomic E-state index is 0.188. The summed E-state index contributed by atoms with van der Waals surface area (Å²) in [5.74, 6) is 0.128. The van der Waals surface area contributed by atoms with E-state index in [0.717, 1.165) is 11.3 Å². The molecule has 2 nitrogen and oxygen atoms in total. The van der Waals surface area contributed by atoms with Crippen molar-refractivity contribution in [2.75, 3.05) is 0 Å². The largest absolute Gasteiger partial charge is 0.295 e. The molecule has 0 amide bonds. The van der Waals surface area contributed by atoms with Crippen molar-refractivity contribution in [3.63, 3.8) is 0 Å². The molecule has 3 rings (SSSR count). The van der Waals surface area contributed by atoms with Crippen molar-refractivity contribution in [2.24, 2.45) is 0 Å². The number of aryl methyl sites for hydroxylation is 1. The molecule has 0 aliphatic carbocycles. The van der Waals surface area contributed by atoms with E-state index in [9.17, 15) is 8.78 Å². The molecule has 0 fully saturated rings. The van der Waals surface area contributed by atoms with Crippen LogP contribution in [-0.2, 0) is 5.88 Å². The molecule has 5 heteroatoms. The molecule has 3 aromatic rings. The Morgan fingerprint density at radius 1 is 1.10 bits per heavy atom. The first-order valence-electron chi connectivity index (χ1n) is 6.09. The first-order valence-corrected chi connectivity index (χ1v) is 6.63. The number of nitrogens with zero attached hydrogens (tertiary/aromatic N) is 2. The molecular formula is C15H11ClF2N2. The second-order valence-electron chi connectivity index (χ2n) is 4.56. The number of benzene rings is 2. The van der Waals surface area contributed by atoms with Crippen LogP contribution in [0, 0.1) is 18.6 Å². The molecular weight excluding hydrogens is 282 g/mol. The zero-order valence-corrected chi connectivity index (χ0v) is 11.5. The summed E-state index contributed by atoms with van der Waals surface area (Å²) in [6, 6.07) is 8.81. The van der Waals surface area contributed by atoms with Gasteiger partial charge >= 0.3 is 0 Å². The van der Waals surface area contributed by atoms with Gasteiger partial charge in [0.2, 0.25) is 0 Å². The molecule has 1 heterocycles. The van der Waals surface area contributed by atoms with Gasteiger partial charge in [-0.3, -0.25) is 4.57 Å². The molecule has 1 aromatic heterocycles. The highest BCUT2D eigenvalue weighted by molar-refractivity contribution is 6.17. The summed E-state index contributed by atoms with van der Waals surface area (Å²) in [7, 11) is 0. The summed E-state index contributed by atoms with van der Waals surface area (Å²) in [5, 5.41) is 0. The Balaban J connectivity index is 2.36. The van der Waals surface area contributed by atoms with Crippen molar-refractivity contribution in [1.82, 2.24) is 9.55 Å². The van der Waals surface area contributed by atoms with E-state index in [-0.39, 0.29) is 17.5 Å². The quantitative estimate of drug-likeness (QED) is 0.642. The summed E-state index contributed by atoms with van der Waals surface area (Å²) in [6.45, 7) is 1.79. The Hall–Kier alpha value is -1.94. The zero-order chi connectivity index (χ0) is 14.3. The third kappa shape index (κ3) is 2.06. The van der Waals surface area contributed by atoms with E-state index in [1.54, 1.807) is 23.6 Å². The maximum atomic E-state index is 13.5. The van der Waals surface area contributed by atoms with Crippen molar-refractivity contribution in [3.05, 3.63) is 59.4 Å². The molecule has 0 aliphatic rings. The van der Waals surface area contributed by atoms with Crippen LogP contribution in [0.1, 0.15) is 11.4 Å². The van der Waals surface area contributed by atoms with Crippen molar-refractivity contribution >= 4 is 22.6 Å². The van der Waals surface area contributed by atoms with Crippen LogP contribution in [0.2, 0.25) is 0 Å². The average Bonchev–Trinajstić information content (AvgIpc) is 2.76. The lowest BCUT2D eigenvalue weighted by Gasteiger charge is -2.11. The van der Waals surface area contributed by atoms with Crippen molar-refractivity contribution in [2.45, 2.75) is 12.8 Å². The van der Waals surface area contributed by atoms with Crippen molar-refractivity contribution < 1.29 is 8.78 Å². The van der Waals surface area contributed by atoms with Crippen LogP contribution in [0.3, 0.4) is 0 Å². The summed E-state index contributed by atoms with van der Waals surface area (Å²) in [6.07, 6.45) is 0. The summed E-state index contributed by atoms with van der Waals surface area (Å²) in [5.41, 5.74) is 2.76. The number of fused-ring (bicyclic) bond motifs is 1. The van der Waals surface area contributed by atoms with E-state index in [1.165, 1.54) is 24.3 Å². The molecule has 20 heavy (non-hydrogen) atoms. The van der Waals surface area contributed by atoms with E-state index < -0.39 is 0 Å². The minimum Gasteiger partial charge on any atom is -0.295 e. The molecule has 0 saturated carbocycles. The molecule has 0 saturated heterocycles. The van der Waals surface area contributed by atoms with Gasteiger partial charge in [-0.05, 0) is 42.8 Å². The van der Waals surface area contributed by atoms with Crippen LogP contribution in [0.5, 0.6) is 0 Å². The molecule has 0 aliphatic heterocycles. The maximum Gasteiger partial charge on any atom is 0.129 e. The molecule has 2 aromatic carbocycles. The SMILES string of the molecule is Cc1cc(F)ccc1-n1c(CCl)nc2ccc(F)cc21. The van der Waals surface area contributed by atoms with Gasteiger partial charge in [0.1, 0.15) is 17.5 Å². The summed E-state index contributed by atoms with van der Waals surface area (Å²) >= 11 is 5.93. The van der Waals surface area contributed by atoms with Crippen LogP contribution in [0.4, 0.5) is 8.78 Å². The number of halogens is 3. The standard InChI is InChI=1S/C15H11ClF2N2/c1-9-6-10(17)3-5-13(9)20-14-7-11(18)2-4-12(14)19-15(20)8-16/h2-7H,8H2,1H3. The molecule has 0 unspecified atom stereocenters. The number of imidazole rings is 1. The second kappa shape index (κ2) is 4.87. The number of alkyl halides is 1. The Morgan fingerprint density at radius 2 is 1.80 bits per heavy atom. The monoisotopic (exact) mass is 292 g/mol. The van der Waals surface area contributed by atoms with Gasteiger partial charge in [-0.1, -0.05) is 0 Å². The fourth-order valence-electron chi connectivity index (χ4n) is 2.33. The van der Waals surface area contributed by atoms with Crippen LogP contribution < -0.4 is 0 Å². The normalized spacial score (nSPS) is 11.2. The smallest absolute Gasteiger partial charge is 0.129 e. The predicted molar refractivity (Wildman–Crippen MR) is 75.3 cm³/mol. The van der Waals surface area contributed by atoms with Gasteiger partial charge in [0.15, 0.2) is 0 Å².